The third-order valence-electron chi connectivity index (χ3n) is 4.35. The molecule has 1 aliphatic heterocycles. The quantitative estimate of drug-likeness (QED) is 0.851. The number of carbonyl (C=O) groups excluding carboxylic acids is 2. The van der Waals surface area contributed by atoms with Crippen molar-refractivity contribution in [1.82, 2.24) is 10.2 Å². The molecule has 5 nitrogen and oxygen atoms in total. The molecule has 3 N–H and O–H groups in total. The predicted octanol–water partition coefficient (Wildman–Crippen LogP) is 2.16. The number of likely N-dealkylation sites (tertiary alicyclic amines) is 1. The summed E-state index contributed by atoms with van der Waals surface area (Å²) >= 11 is 0. The van der Waals surface area contributed by atoms with Crippen molar-refractivity contribution in [3.8, 4) is 0 Å². The first kappa shape index (κ1) is 20.5. The molecule has 1 heterocycles. The molecule has 2 rings (SSSR count). The number of amides is 2. The number of carbonyl (C=O) groups is 2. The molecule has 0 aromatic heterocycles. The lowest BCUT2D eigenvalue weighted by atomic mass is 9.96. The number of rotatable bonds is 5. The molecular weight excluding hydrogens is 326 g/mol. The molecule has 6 heteroatoms. The van der Waals surface area contributed by atoms with Crippen LogP contribution in [-0.4, -0.2) is 42.9 Å². The zero-order valence-electron chi connectivity index (χ0n) is 14.5. The number of hydrogen-bond donors (Lipinski definition) is 2. The highest BCUT2D eigenvalue weighted by atomic mass is 35.5. The summed E-state index contributed by atoms with van der Waals surface area (Å²) in [5.41, 5.74) is 7.33. The van der Waals surface area contributed by atoms with E-state index < -0.39 is 0 Å². The molecule has 1 aromatic carbocycles. The Morgan fingerprint density at radius 2 is 1.96 bits per heavy atom. The Morgan fingerprint density at radius 1 is 1.29 bits per heavy atom. The van der Waals surface area contributed by atoms with E-state index in [9.17, 15) is 9.59 Å². The summed E-state index contributed by atoms with van der Waals surface area (Å²) in [6.45, 7) is 6.38. The molecule has 1 unspecified atom stereocenters. The van der Waals surface area contributed by atoms with Gasteiger partial charge in [0, 0.05) is 31.7 Å². The van der Waals surface area contributed by atoms with E-state index in [2.05, 4.69) is 19.2 Å². The molecule has 2 amide bonds. The molecule has 0 bridgehead atoms. The van der Waals surface area contributed by atoms with Crippen molar-refractivity contribution in [2.24, 2.45) is 11.7 Å². The van der Waals surface area contributed by atoms with Gasteiger partial charge in [-0.05, 0) is 36.5 Å². The third kappa shape index (κ3) is 5.21. The van der Waals surface area contributed by atoms with E-state index in [-0.39, 0.29) is 30.1 Å². The fraction of sp³-hybridized carbons (Fsp3) is 0.556. The lowest BCUT2D eigenvalue weighted by Crippen LogP contribution is -2.46. The molecule has 0 radical (unpaired) electrons. The van der Waals surface area contributed by atoms with Gasteiger partial charge in [-0.25, -0.2) is 0 Å². The van der Waals surface area contributed by atoms with Gasteiger partial charge in [-0.3, -0.25) is 9.59 Å². The normalized spacial score (nSPS) is 17.3. The Kier molecular flexibility index (Phi) is 8.22. The number of hydrogen-bond acceptors (Lipinski definition) is 3. The maximum atomic E-state index is 12.6. The van der Waals surface area contributed by atoms with Crippen molar-refractivity contribution in [3.05, 3.63) is 35.4 Å². The minimum absolute atomic E-state index is 0. The lowest BCUT2D eigenvalue weighted by Gasteiger charge is -2.32. The maximum Gasteiger partial charge on any atom is 0.253 e. The zero-order valence-corrected chi connectivity index (χ0v) is 15.3. The summed E-state index contributed by atoms with van der Waals surface area (Å²) in [5, 5.41) is 2.82. The van der Waals surface area contributed by atoms with E-state index in [4.69, 9.17) is 5.73 Å². The molecule has 1 aliphatic rings. The molecule has 1 atom stereocenters. The van der Waals surface area contributed by atoms with Crippen LogP contribution in [0.3, 0.4) is 0 Å². The van der Waals surface area contributed by atoms with E-state index in [1.165, 1.54) is 5.56 Å². The monoisotopic (exact) mass is 353 g/mol. The van der Waals surface area contributed by atoms with Gasteiger partial charge in [0.2, 0.25) is 5.91 Å². The average molecular weight is 354 g/mol. The Labute approximate surface area is 150 Å². The molecular formula is C18H28ClN3O2. The van der Waals surface area contributed by atoms with Crippen LogP contribution in [0.2, 0.25) is 0 Å². The van der Waals surface area contributed by atoms with Gasteiger partial charge in [-0.1, -0.05) is 26.0 Å². The van der Waals surface area contributed by atoms with Gasteiger partial charge in [0.15, 0.2) is 0 Å². The van der Waals surface area contributed by atoms with Crippen LogP contribution in [0.1, 0.15) is 48.5 Å². The van der Waals surface area contributed by atoms with Crippen molar-refractivity contribution in [2.75, 3.05) is 26.2 Å². The van der Waals surface area contributed by atoms with Gasteiger partial charge in [0.25, 0.3) is 5.91 Å². The minimum Gasteiger partial charge on any atom is -0.355 e. The summed E-state index contributed by atoms with van der Waals surface area (Å²) in [4.78, 5) is 26.5. The number of nitrogens with one attached hydrogen (secondary N) is 1. The molecule has 0 aliphatic carbocycles. The first-order valence-corrected chi connectivity index (χ1v) is 8.40. The second kappa shape index (κ2) is 9.64. The lowest BCUT2D eigenvalue weighted by molar-refractivity contribution is -0.126. The van der Waals surface area contributed by atoms with E-state index in [1.54, 1.807) is 4.90 Å². The Balaban J connectivity index is 0.00000288. The van der Waals surface area contributed by atoms with Crippen molar-refractivity contribution in [1.29, 1.82) is 0 Å². The van der Waals surface area contributed by atoms with Crippen molar-refractivity contribution >= 4 is 24.2 Å². The first-order valence-electron chi connectivity index (χ1n) is 8.40. The Bertz CT molecular complexity index is 546. The largest absolute Gasteiger partial charge is 0.355 e. The fourth-order valence-electron chi connectivity index (χ4n) is 2.91. The van der Waals surface area contributed by atoms with E-state index >= 15 is 0 Å². The van der Waals surface area contributed by atoms with Crippen LogP contribution in [0.25, 0.3) is 0 Å². The number of benzene rings is 1. The van der Waals surface area contributed by atoms with Crippen LogP contribution >= 0.6 is 12.4 Å². The molecule has 24 heavy (non-hydrogen) atoms. The van der Waals surface area contributed by atoms with Crippen LogP contribution in [0.5, 0.6) is 0 Å². The first-order chi connectivity index (χ1) is 11.0. The zero-order chi connectivity index (χ0) is 16.8. The Morgan fingerprint density at radius 3 is 2.54 bits per heavy atom. The summed E-state index contributed by atoms with van der Waals surface area (Å²) in [6.07, 6.45) is 1.68. The van der Waals surface area contributed by atoms with Gasteiger partial charge in [-0.2, -0.15) is 0 Å². The van der Waals surface area contributed by atoms with Gasteiger partial charge in [-0.15, -0.1) is 12.4 Å². The third-order valence-corrected chi connectivity index (χ3v) is 4.35. The predicted molar refractivity (Wildman–Crippen MR) is 98.5 cm³/mol. The van der Waals surface area contributed by atoms with Gasteiger partial charge >= 0.3 is 0 Å². The SMILES string of the molecule is CC(C)c1ccc(C(=O)N2CCCC(C(=O)NCCN)C2)cc1.Cl. The van der Waals surface area contributed by atoms with Crippen molar-refractivity contribution < 1.29 is 9.59 Å². The summed E-state index contributed by atoms with van der Waals surface area (Å²) in [7, 11) is 0. The average Bonchev–Trinajstić information content (AvgIpc) is 2.59. The van der Waals surface area contributed by atoms with Crippen LogP contribution in [-0.2, 0) is 4.79 Å². The molecule has 1 saturated heterocycles. The second-order valence-electron chi connectivity index (χ2n) is 6.45. The van der Waals surface area contributed by atoms with Crippen LogP contribution < -0.4 is 11.1 Å². The number of piperidine rings is 1. The van der Waals surface area contributed by atoms with Crippen LogP contribution in [0.15, 0.2) is 24.3 Å². The van der Waals surface area contributed by atoms with Gasteiger partial charge in [0.1, 0.15) is 0 Å². The van der Waals surface area contributed by atoms with Crippen LogP contribution in [0, 0.1) is 5.92 Å². The molecule has 1 fully saturated rings. The fourth-order valence-corrected chi connectivity index (χ4v) is 2.91. The smallest absolute Gasteiger partial charge is 0.253 e. The number of nitrogens with two attached hydrogens (primary N) is 1. The highest BCUT2D eigenvalue weighted by molar-refractivity contribution is 5.94. The van der Waals surface area contributed by atoms with E-state index in [0.717, 1.165) is 12.8 Å². The van der Waals surface area contributed by atoms with Crippen molar-refractivity contribution in [2.45, 2.75) is 32.6 Å². The standard InChI is InChI=1S/C18H27N3O2.ClH/c1-13(2)14-5-7-15(8-6-14)18(23)21-11-3-4-16(12-21)17(22)20-10-9-19;/h5-8,13,16H,3-4,9-12,19H2,1-2H3,(H,20,22);1H. The van der Waals surface area contributed by atoms with Crippen LogP contribution in [0.4, 0.5) is 0 Å². The summed E-state index contributed by atoms with van der Waals surface area (Å²) < 4.78 is 0. The van der Waals surface area contributed by atoms with E-state index in [0.29, 0.717) is 37.7 Å². The Hall–Kier alpha value is -1.59. The molecule has 134 valence electrons. The minimum atomic E-state index is -0.130. The number of halogens is 1. The summed E-state index contributed by atoms with van der Waals surface area (Å²) in [6, 6.07) is 7.78. The topological polar surface area (TPSA) is 75.4 Å². The van der Waals surface area contributed by atoms with Gasteiger partial charge < -0.3 is 16.0 Å². The van der Waals surface area contributed by atoms with Crippen molar-refractivity contribution in [3.63, 3.8) is 0 Å². The van der Waals surface area contributed by atoms with Gasteiger partial charge in [0.05, 0.1) is 5.92 Å². The molecule has 0 saturated carbocycles. The molecule has 1 aromatic rings. The molecule has 0 spiro atoms. The second-order valence-corrected chi connectivity index (χ2v) is 6.45. The summed E-state index contributed by atoms with van der Waals surface area (Å²) in [5.74, 6) is 0.332. The highest BCUT2D eigenvalue weighted by Crippen LogP contribution is 2.20. The number of nitrogens with zero attached hydrogens (tertiary/aromatic N) is 1. The highest BCUT2D eigenvalue weighted by Gasteiger charge is 2.28. The van der Waals surface area contributed by atoms with E-state index in [1.807, 2.05) is 24.3 Å². The maximum absolute atomic E-state index is 12.6.